The van der Waals surface area contributed by atoms with Gasteiger partial charge in [0.15, 0.2) is 0 Å². The maximum atomic E-state index is 13.3. The van der Waals surface area contributed by atoms with Crippen LogP contribution in [0.5, 0.6) is 0 Å². The molecular formula is C12H21F2NO4. The van der Waals surface area contributed by atoms with Gasteiger partial charge in [0, 0.05) is 26.0 Å². The zero-order chi connectivity index (χ0) is 15.3. The molecule has 5 nitrogen and oxygen atoms in total. The van der Waals surface area contributed by atoms with Gasteiger partial charge in [-0.25, -0.2) is 13.6 Å². The van der Waals surface area contributed by atoms with E-state index in [1.165, 1.54) is 0 Å². The lowest BCUT2D eigenvalue weighted by molar-refractivity contribution is -0.123. The first kappa shape index (κ1) is 17.8. The number of aliphatic hydroxyl groups is 1. The van der Waals surface area contributed by atoms with Crippen molar-refractivity contribution in [2.24, 2.45) is 5.92 Å². The second-order valence-electron chi connectivity index (χ2n) is 5.32. The third kappa shape index (κ3) is 6.47. The molecule has 1 saturated heterocycles. The summed E-state index contributed by atoms with van der Waals surface area (Å²) in [6.07, 6.45) is -0.844. The molecule has 1 aliphatic rings. The van der Waals surface area contributed by atoms with Crippen LogP contribution in [-0.2, 0) is 9.53 Å². The molecule has 112 valence electrons. The lowest BCUT2D eigenvalue weighted by Gasteiger charge is -2.36. The highest BCUT2D eigenvalue weighted by molar-refractivity contribution is 5.69. The highest BCUT2D eigenvalue weighted by Gasteiger charge is 2.43. The molecule has 0 aliphatic carbocycles. The van der Waals surface area contributed by atoms with Crippen molar-refractivity contribution >= 4 is 12.4 Å². The molecule has 1 N–H and O–H groups in total. The van der Waals surface area contributed by atoms with Gasteiger partial charge in [-0.3, -0.25) is 0 Å². The Morgan fingerprint density at radius 3 is 2.37 bits per heavy atom. The smallest absolute Gasteiger partial charge is 0.410 e. The standard InChI is InChI=1S/C11H17F2NO3.CH4O/c1-10(2,3)17-9(16)14-5-8(6-15)4-11(12,13)7-14;1-2/h6,8H,4-5,7H2,1-3H3;2H,1H3. The monoisotopic (exact) mass is 281 g/mol. The second kappa shape index (κ2) is 6.79. The van der Waals surface area contributed by atoms with Crippen LogP contribution in [0.3, 0.4) is 0 Å². The number of amides is 1. The normalized spacial score (nSPS) is 22.1. The fraction of sp³-hybridized carbons (Fsp3) is 0.833. The summed E-state index contributed by atoms with van der Waals surface area (Å²) in [6.45, 7) is 4.28. The molecule has 0 bridgehead atoms. The second-order valence-corrected chi connectivity index (χ2v) is 5.32. The lowest BCUT2D eigenvalue weighted by atomic mass is 9.97. The largest absolute Gasteiger partial charge is 0.444 e. The zero-order valence-corrected chi connectivity index (χ0v) is 11.7. The van der Waals surface area contributed by atoms with Gasteiger partial charge in [0.25, 0.3) is 5.92 Å². The average Bonchev–Trinajstić information content (AvgIpc) is 2.27. The zero-order valence-electron chi connectivity index (χ0n) is 11.7. The number of hydrogen-bond donors (Lipinski definition) is 1. The first-order valence-corrected chi connectivity index (χ1v) is 5.89. The van der Waals surface area contributed by atoms with Gasteiger partial charge in [-0.15, -0.1) is 0 Å². The molecule has 1 amide bonds. The Kier molecular flexibility index (Phi) is 6.35. The van der Waals surface area contributed by atoms with Crippen LogP contribution in [0.15, 0.2) is 0 Å². The summed E-state index contributed by atoms with van der Waals surface area (Å²) < 4.78 is 31.6. The molecule has 0 aromatic heterocycles. The fourth-order valence-corrected chi connectivity index (χ4v) is 1.70. The molecule has 1 aliphatic heterocycles. The Bertz CT molecular complexity index is 315. The van der Waals surface area contributed by atoms with E-state index in [4.69, 9.17) is 9.84 Å². The van der Waals surface area contributed by atoms with Gasteiger partial charge >= 0.3 is 6.09 Å². The number of piperidine rings is 1. The molecule has 1 rings (SSSR count). The van der Waals surface area contributed by atoms with E-state index < -0.39 is 36.5 Å². The number of carbonyl (C=O) groups excluding carboxylic acids is 2. The van der Waals surface area contributed by atoms with E-state index in [2.05, 4.69) is 0 Å². The summed E-state index contributed by atoms with van der Waals surface area (Å²) in [5, 5.41) is 7.00. The Morgan fingerprint density at radius 2 is 1.95 bits per heavy atom. The lowest BCUT2D eigenvalue weighted by Crippen LogP contribution is -2.51. The molecular weight excluding hydrogens is 260 g/mol. The first-order valence-electron chi connectivity index (χ1n) is 5.89. The topological polar surface area (TPSA) is 66.8 Å². The predicted molar refractivity (Wildman–Crippen MR) is 65.1 cm³/mol. The maximum absolute atomic E-state index is 13.3. The molecule has 1 unspecified atom stereocenters. The molecule has 0 saturated carbocycles. The number of likely N-dealkylation sites (tertiary alicyclic amines) is 1. The average molecular weight is 281 g/mol. The SMILES string of the molecule is CC(C)(C)OC(=O)N1CC(C=O)CC(F)(F)C1.CO. The van der Waals surface area contributed by atoms with Crippen LogP contribution in [0, 0.1) is 5.92 Å². The molecule has 1 atom stereocenters. The van der Waals surface area contributed by atoms with E-state index in [0.717, 1.165) is 12.0 Å². The molecule has 19 heavy (non-hydrogen) atoms. The van der Waals surface area contributed by atoms with Crippen LogP contribution in [-0.4, -0.2) is 54.1 Å². The molecule has 0 aromatic carbocycles. The van der Waals surface area contributed by atoms with E-state index in [0.29, 0.717) is 6.29 Å². The summed E-state index contributed by atoms with van der Waals surface area (Å²) >= 11 is 0. The van der Waals surface area contributed by atoms with E-state index in [-0.39, 0.29) is 6.54 Å². The number of carbonyl (C=O) groups is 2. The van der Waals surface area contributed by atoms with Crippen molar-refractivity contribution in [3.8, 4) is 0 Å². The van der Waals surface area contributed by atoms with Crippen molar-refractivity contribution in [3.05, 3.63) is 0 Å². The number of alkyl halides is 2. The highest BCUT2D eigenvalue weighted by Crippen LogP contribution is 2.30. The van der Waals surface area contributed by atoms with Gasteiger partial charge < -0.3 is 19.5 Å². The Labute approximate surface area is 111 Å². The van der Waals surface area contributed by atoms with Crippen LogP contribution < -0.4 is 0 Å². The molecule has 1 heterocycles. The predicted octanol–water partition coefficient (Wildman–Crippen LogP) is 1.69. The maximum Gasteiger partial charge on any atom is 0.410 e. The number of hydrogen-bond acceptors (Lipinski definition) is 4. The molecule has 1 fully saturated rings. The third-order valence-corrected chi connectivity index (χ3v) is 2.28. The van der Waals surface area contributed by atoms with Crippen molar-refractivity contribution in [2.75, 3.05) is 20.2 Å². The van der Waals surface area contributed by atoms with Crippen molar-refractivity contribution in [2.45, 2.75) is 38.7 Å². The van der Waals surface area contributed by atoms with Gasteiger partial charge in [0.1, 0.15) is 11.9 Å². The summed E-state index contributed by atoms with van der Waals surface area (Å²) in [5.74, 6) is -3.85. The van der Waals surface area contributed by atoms with Crippen LogP contribution in [0.4, 0.5) is 13.6 Å². The van der Waals surface area contributed by atoms with E-state index in [1.54, 1.807) is 20.8 Å². The van der Waals surface area contributed by atoms with E-state index >= 15 is 0 Å². The highest BCUT2D eigenvalue weighted by atomic mass is 19.3. The van der Waals surface area contributed by atoms with Crippen LogP contribution in [0.1, 0.15) is 27.2 Å². The number of ether oxygens (including phenoxy) is 1. The number of aliphatic hydroxyl groups excluding tert-OH is 1. The number of rotatable bonds is 1. The van der Waals surface area contributed by atoms with Gasteiger partial charge in [0.05, 0.1) is 6.54 Å². The van der Waals surface area contributed by atoms with Gasteiger partial charge in [0.2, 0.25) is 0 Å². The van der Waals surface area contributed by atoms with Crippen molar-refractivity contribution in [1.82, 2.24) is 4.90 Å². The Hall–Kier alpha value is -1.24. The summed E-state index contributed by atoms with van der Waals surface area (Å²) in [7, 11) is 1.00. The van der Waals surface area contributed by atoms with Crippen molar-refractivity contribution < 1.29 is 28.2 Å². The minimum Gasteiger partial charge on any atom is -0.444 e. The van der Waals surface area contributed by atoms with Crippen LogP contribution in [0.25, 0.3) is 0 Å². The molecule has 0 radical (unpaired) electrons. The first-order chi connectivity index (χ1) is 8.63. The minimum atomic E-state index is -3.03. The summed E-state index contributed by atoms with van der Waals surface area (Å²) in [6, 6.07) is 0. The minimum absolute atomic E-state index is 0.00595. The van der Waals surface area contributed by atoms with E-state index in [1.807, 2.05) is 0 Å². The quantitative estimate of drug-likeness (QED) is 0.743. The van der Waals surface area contributed by atoms with E-state index in [9.17, 15) is 18.4 Å². The van der Waals surface area contributed by atoms with Gasteiger partial charge in [-0.05, 0) is 20.8 Å². The van der Waals surface area contributed by atoms with Gasteiger partial charge in [-0.1, -0.05) is 0 Å². The molecule has 0 spiro atoms. The Balaban J connectivity index is 0.00000154. The number of halogens is 2. The number of aldehydes is 1. The fourth-order valence-electron chi connectivity index (χ4n) is 1.70. The third-order valence-electron chi connectivity index (χ3n) is 2.28. The van der Waals surface area contributed by atoms with Crippen LogP contribution >= 0.6 is 0 Å². The van der Waals surface area contributed by atoms with Crippen molar-refractivity contribution in [1.29, 1.82) is 0 Å². The Morgan fingerprint density at radius 1 is 1.42 bits per heavy atom. The molecule has 0 aromatic rings. The molecule has 7 heteroatoms. The van der Waals surface area contributed by atoms with Crippen molar-refractivity contribution in [3.63, 3.8) is 0 Å². The van der Waals surface area contributed by atoms with Crippen LogP contribution in [0.2, 0.25) is 0 Å². The number of nitrogens with zero attached hydrogens (tertiary/aromatic N) is 1. The summed E-state index contributed by atoms with van der Waals surface area (Å²) in [5.41, 5.74) is -0.736. The van der Waals surface area contributed by atoms with Gasteiger partial charge in [-0.2, -0.15) is 0 Å². The summed E-state index contributed by atoms with van der Waals surface area (Å²) in [4.78, 5) is 23.1.